The predicted molar refractivity (Wildman–Crippen MR) is 30.0 cm³/mol. The zero-order valence-electron chi connectivity index (χ0n) is 8.11. The van der Waals surface area contributed by atoms with Gasteiger partial charge in [-0.3, -0.25) is 0 Å². The van der Waals surface area contributed by atoms with Crippen molar-refractivity contribution in [3.8, 4) is 0 Å². The van der Waals surface area contributed by atoms with Crippen molar-refractivity contribution in [3.63, 3.8) is 0 Å². The molecular formula is C4BF12Na. The fourth-order valence-corrected chi connectivity index (χ4v) is 1.11. The van der Waals surface area contributed by atoms with Crippen LogP contribution in [0.5, 0.6) is 0 Å². The largest absolute Gasteiger partial charge is 1.00 e. The SMILES string of the molecule is FC(F)(F)[B-](C(F)(F)F)(C(F)(F)F)C(F)(F)F.[Na+]. The van der Waals surface area contributed by atoms with Crippen LogP contribution in [0, 0.1) is 0 Å². The summed E-state index contributed by atoms with van der Waals surface area (Å²) in [4.78, 5) is 0. The van der Waals surface area contributed by atoms with Gasteiger partial charge in [0.1, 0.15) is 0 Å². The van der Waals surface area contributed by atoms with Crippen LogP contribution >= 0.6 is 0 Å². The summed E-state index contributed by atoms with van der Waals surface area (Å²) in [6.45, 7) is 0. The Balaban J connectivity index is 0. The molecule has 0 radical (unpaired) electrons. The minimum Gasteiger partial charge on any atom is -0.215 e. The molecule has 104 valence electrons. The van der Waals surface area contributed by atoms with Crippen LogP contribution in [0.15, 0.2) is 0 Å². The summed E-state index contributed by atoms with van der Waals surface area (Å²) in [6, 6.07) is 0. The maximum Gasteiger partial charge on any atom is 1.00 e. The molecule has 0 aromatic carbocycles. The minimum absolute atomic E-state index is 0. The van der Waals surface area contributed by atoms with Crippen molar-refractivity contribution in [2.45, 2.75) is 24.3 Å². The fraction of sp³-hybridized carbons (Fsp3) is 1.00. The Kier molecular flexibility index (Phi) is 5.66. The van der Waals surface area contributed by atoms with E-state index < -0.39 is 30.4 Å². The van der Waals surface area contributed by atoms with Gasteiger partial charge < -0.3 is 0 Å². The van der Waals surface area contributed by atoms with Crippen LogP contribution in [0.2, 0.25) is 0 Å². The van der Waals surface area contributed by atoms with Crippen LogP contribution < -0.4 is 29.6 Å². The second kappa shape index (κ2) is 4.96. The van der Waals surface area contributed by atoms with Crippen molar-refractivity contribution >= 4 is 6.15 Å². The van der Waals surface area contributed by atoms with E-state index in [2.05, 4.69) is 0 Å². The molecule has 0 bridgehead atoms. The average molecular weight is 310 g/mol. The summed E-state index contributed by atoms with van der Waals surface area (Å²) in [5, 5.41) is 0. The van der Waals surface area contributed by atoms with Gasteiger partial charge in [0.15, 0.2) is 0 Å². The molecule has 18 heavy (non-hydrogen) atoms. The van der Waals surface area contributed by atoms with Crippen molar-refractivity contribution in [1.29, 1.82) is 0 Å². The van der Waals surface area contributed by atoms with Crippen LogP contribution in [0.4, 0.5) is 52.7 Å². The van der Waals surface area contributed by atoms with E-state index in [1.165, 1.54) is 0 Å². The van der Waals surface area contributed by atoms with Crippen LogP contribution in [-0.2, 0) is 0 Å². The van der Waals surface area contributed by atoms with Crippen LogP contribution in [0.1, 0.15) is 0 Å². The van der Waals surface area contributed by atoms with E-state index in [0.29, 0.717) is 0 Å². The molecule has 0 N–H and O–H groups in total. The Morgan fingerprint density at radius 1 is 0.389 bits per heavy atom. The van der Waals surface area contributed by atoms with Gasteiger partial charge in [-0.1, -0.05) is 0 Å². The van der Waals surface area contributed by atoms with E-state index >= 15 is 0 Å². The number of rotatable bonds is 0. The molecule has 0 spiro atoms. The Hall–Kier alpha value is 0.225. The smallest absolute Gasteiger partial charge is 0.215 e. The minimum atomic E-state index is -8.58. The molecule has 0 amide bonds. The van der Waals surface area contributed by atoms with E-state index in [1.54, 1.807) is 0 Å². The molecule has 0 aliphatic carbocycles. The Bertz CT molecular complexity index is 217. The molecule has 0 fully saturated rings. The van der Waals surface area contributed by atoms with Gasteiger partial charge in [-0.05, 0) is 0 Å². The third-order valence-corrected chi connectivity index (χ3v) is 1.96. The standard InChI is InChI=1S/C4BF12.Na/c6-1(7,8)5(2(9,10)11,3(12,13)14)4(15,16)17;/q-1;+1. The first kappa shape index (κ1) is 20.5. The van der Waals surface area contributed by atoms with Crippen LogP contribution in [0.25, 0.3) is 0 Å². The van der Waals surface area contributed by atoms with E-state index in [0.717, 1.165) is 0 Å². The number of halogens is 12. The number of hydrogen-bond acceptors (Lipinski definition) is 0. The van der Waals surface area contributed by atoms with Crippen molar-refractivity contribution in [3.05, 3.63) is 0 Å². The van der Waals surface area contributed by atoms with Gasteiger partial charge in [0.25, 0.3) is 24.3 Å². The summed E-state index contributed by atoms with van der Waals surface area (Å²) < 4.78 is 141. The molecule has 0 atom stereocenters. The van der Waals surface area contributed by atoms with Gasteiger partial charge in [-0.2, -0.15) is 0 Å². The molecule has 0 aromatic rings. The first-order chi connectivity index (χ1) is 7.00. The second-order valence-electron chi connectivity index (χ2n) is 3.03. The topological polar surface area (TPSA) is 0 Å². The van der Waals surface area contributed by atoms with Gasteiger partial charge >= 0.3 is 35.7 Å². The maximum absolute atomic E-state index is 11.7. The molecule has 0 aliphatic heterocycles. The first-order valence-electron chi connectivity index (χ1n) is 3.42. The summed E-state index contributed by atoms with van der Waals surface area (Å²) in [6.07, 6.45) is -38.8. The predicted octanol–water partition coefficient (Wildman–Crippen LogP) is 0.845. The molecule has 0 aromatic heterocycles. The monoisotopic (exact) mass is 310 g/mol. The third kappa shape index (κ3) is 2.87. The van der Waals surface area contributed by atoms with Gasteiger partial charge in [0.05, 0.1) is 0 Å². The van der Waals surface area contributed by atoms with E-state index in [9.17, 15) is 52.7 Å². The van der Waals surface area contributed by atoms with Gasteiger partial charge in [-0.15, -0.1) is 0 Å². The zero-order chi connectivity index (χ0) is 14.5. The molecule has 0 unspecified atom stereocenters. The molecule has 0 nitrogen and oxygen atoms in total. The van der Waals surface area contributed by atoms with E-state index in [1.807, 2.05) is 0 Å². The molecule has 0 saturated carbocycles. The number of hydrogen-bond donors (Lipinski definition) is 0. The quantitative estimate of drug-likeness (QED) is 0.460. The van der Waals surface area contributed by atoms with Crippen molar-refractivity contribution in [2.75, 3.05) is 0 Å². The van der Waals surface area contributed by atoms with Crippen molar-refractivity contribution in [1.82, 2.24) is 0 Å². The zero-order valence-corrected chi connectivity index (χ0v) is 10.1. The van der Waals surface area contributed by atoms with Crippen LogP contribution in [0.3, 0.4) is 0 Å². The van der Waals surface area contributed by atoms with Crippen molar-refractivity contribution < 1.29 is 82.2 Å². The number of alkyl halides is 12. The first-order valence-corrected chi connectivity index (χ1v) is 3.42. The Morgan fingerprint density at radius 3 is 0.500 bits per heavy atom. The summed E-state index contributed by atoms with van der Waals surface area (Å²) in [5.74, 6) is 0. The summed E-state index contributed by atoms with van der Waals surface area (Å²) in [7, 11) is 0. The average Bonchev–Trinajstić information content (AvgIpc) is 1.67. The Labute approximate surface area is 113 Å². The molecule has 0 aliphatic rings. The van der Waals surface area contributed by atoms with Crippen molar-refractivity contribution in [2.24, 2.45) is 0 Å². The summed E-state index contributed by atoms with van der Waals surface area (Å²) >= 11 is 0. The fourth-order valence-electron chi connectivity index (χ4n) is 1.11. The van der Waals surface area contributed by atoms with Gasteiger partial charge in [0, 0.05) is 0 Å². The molecule has 0 saturated heterocycles. The molecular weight excluding hydrogens is 310 g/mol. The molecule has 14 heteroatoms. The van der Waals surface area contributed by atoms with E-state index in [4.69, 9.17) is 0 Å². The summed E-state index contributed by atoms with van der Waals surface area (Å²) in [5.41, 5.74) is 0. The normalized spacial score (nSPS) is 15.3. The maximum atomic E-state index is 11.7. The van der Waals surface area contributed by atoms with E-state index in [-0.39, 0.29) is 29.6 Å². The third-order valence-electron chi connectivity index (χ3n) is 1.96. The van der Waals surface area contributed by atoms with Crippen LogP contribution in [-0.4, -0.2) is 30.4 Å². The van der Waals surface area contributed by atoms with Gasteiger partial charge in [0.2, 0.25) is 0 Å². The molecule has 0 heterocycles. The molecule has 0 rings (SSSR count). The Morgan fingerprint density at radius 2 is 0.500 bits per heavy atom. The van der Waals surface area contributed by atoms with Gasteiger partial charge in [-0.25, -0.2) is 52.7 Å². The second-order valence-corrected chi connectivity index (χ2v) is 3.03.